The van der Waals surface area contributed by atoms with Crippen LogP contribution in [0, 0.1) is 11.8 Å². The number of guanidine groups is 1. The number of amides is 6. The van der Waals surface area contributed by atoms with Crippen LogP contribution >= 0.6 is 0 Å². The van der Waals surface area contributed by atoms with Gasteiger partial charge in [0, 0.05) is 13.1 Å². The molecule has 19 heteroatoms. The Morgan fingerprint density at radius 1 is 0.878 bits per heavy atom. The molecule has 1 aliphatic heterocycles. The molecule has 0 saturated carbocycles. The molecule has 19 nitrogen and oxygen atoms in total. The van der Waals surface area contributed by atoms with E-state index in [0.717, 1.165) is 4.90 Å². The number of primary amides is 1. The van der Waals surface area contributed by atoms with E-state index in [1.54, 1.807) is 13.8 Å². The van der Waals surface area contributed by atoms with E-state index in [-0.39, 0.29) is 44.2 Å². The second-order valence-corrected chi connectivity index (χ2v) is 12.6. The van der Waals surface area contributed by atoms with Gasteiger partial charge in [-0.05, 0) is 43.9 Å². The second kappa shape index (κ2) is 20.8. The third-order valence-corrected chi connectivity index (χ3v) is 8.09. The van der Waals surface area contributed by atoms with Gasteiger partial charge >= 0.3 is 5.97 Å². The number of aliphatic imine (C=N–C) groups is 1. The fraction of sp³-hybridized carbons (Fsp3) is 0.733. The number of rotatable bonds is 21. The molecular formula is C30H54N10O9. The highest BCUT2D eigenvalue weighted by Gasteiger charge is 2.39. The van der Waals surface area contributed by atoms with Crippen LogP contribution < -0.4 is 44.2 Å². The van der Waals surface area contributed by atoms with E-state index in [4.69, 9.17) is 22.9 Å². The molecule has 0 bridgehead atoms. The summed E-state index contributed by atoms with van der Waals surface area (Å²) in [5.41, 5.74) is 22.1. The molecule has 0 aromatic rings. The van der Waals surface area contributed by atoms with Crippen molar-refractivity contribution < 1.29 is 43.8 Å². The second-order valence-electron chi connectivity index (χ2n) is 12.6. The first-order valence-corrected chi connectivity index (χ1v) is 16.4. The van der Waals surface area contributed by atoms with Gasteiger partial charge in [0.05, 0.1) is 19.1 Å². The average molecular weight is 699 g/mol. The lowest BCUT2D eigenvalue weighted by molar-refractivity contribution is -0.150. The average Bonchev–Trinajstić information content (AvgIpc) is 3.52. The maximum absolute atomic E-state index is 13.5. The molecule has 278 valence electrons. The number of carboxylic acid groups (broad SMARTS) is 1. The van der Waals surface area contributed by atoms with E-state index < -0.39 is 96.6 Å². The first-order chi connectivity index (χ1) is 22.9. The Hall–Kier alpha value is -4.52. The fourth-order valence-electron chi connectivity index (χ4n) is 5.24. The molecule has 0 unspecified atom stereocenters. The van der Waals surface area contributed by atoms with Gasteiger partial charge in [-0.15, -0.1) is 0 Å². The third kappa shape index (κ3) is 14.2. The number of nitrogens with zero attached hydrogens (tertiary/aromatic N) is 2. The van der Waals surface area contributed by atoms with Crippen molar-refractivity contribution in [1.82, 2.24) is 26.2 Å². The quantitative estimate of drug-likeness (QED) is 0.0315. The predicted octanol–water partition coefficient (Wildman–Crippen LogP) is -3.66. The van der Waals surface area contributed by atoms with Crippen LogP contribution in [0.2, 0.25) is 0 Å². The van der Waals surface area contributed by atoms with E-state index >= 15 is 0 Å². The van der Waals surface area contributed by atoms with Crippen LogP contribution in [0.3, 0.4) is 0 Å². The van der Waals surface area contributed by atoms with Crippen LogP contribution in [0.1, 0.15) is 72.6 Å². The van der Waals surface area contributed by atoms with Crippen molar-refractivity contribution in [2.75, 3.05) is 19.7 Å². The molecule has 0 aliphatic carbocycles. The van der Waals surface area contributed by atoms with Gasteiger partial charge in [-0.1, -0.05) is 34.1 Å². The molecule has 0 aromatic carbocycles. The Bertz CT molecular complexity index is 1210. The molecule has 0 aromatic heterocycles. The van der Waals surface area contributed by atoms with Gasteiger partial charge in [-0.2, -0.15) is 0 Å². The van der Waals surface area contributed by atoms with Crippen LogP contribution in [-0.4, -0.2) is 118 Å². The Labute approximate surface area is 285 Å². The summed E-state index contributed by atoms with van der Waals surface area (Å²) < 4.78 is 0. The Morgan fingerprint density at radius 2 is 1.47 bits per heavy atom. The molecule has 14 N–H and O–H groups in total. The molecule has 0 radical (unpaired) electrons. The van der Waals surface area contributed by atoms with E-state index in [2.05, 4.69) is 26.3 Å². The number of hydrogen-bond acceptors (Lipinski definition) is 10. The lowest BCUT2D eigenvalue weighted by atomic mass is 9.97. The van der Waals surface area contributed by atoms with Crippen molar-refractivity contribution in [3.8, 4) is 0 Å². The van der Waals surface area contributed by atoms with E-state index in [1.165, 1.54) is 0 Å². The normalized spacial score (nSPS) is 17.9. The number of carbonyl (C=O) groups is 7. The summed E-state index contributed by atoms with van der Waals surface area (Å²) in [7, 11) is 0. The SMILES string of the molecule is CC[C@H](C)[C@H](NC(=O)[C@H](CC(N)=O)NC(=O)[C@H](CCCN=C(N)N)NC(=O)[C@@H](N)CC(C)C)C(=O)N[C@@H](CO)C(=O)N1CCC[C@H]1C(=O)O. The number of likely N-dealkylation sites (tertiary alicyclic amines) is 1. The number of aliphatic hydroxyl groups is 1. The zero-order valence-electron chi connectivity index (χ0n) is 28.6. The first-order valence-electron chi connectivity index (χ1n) is 16.4. The first kappa shape index (κ1) is 42.5. The van der Waals surface area contributed by atoms with Gasteiger partial charge in [0.1, 0.15) is 30.2 Å². The van der Waals surface area contributed by atoms with Gasteiger partial charge in [-0.25, -0.2) is 4.79 Å². The summed E-state index contributed by atoms with van der Waals surface area (Å²) in [6.07, 6.45) is 0.945. The summed E-state index contributed by atoms with van der Waals surface area (Å²) in [6.45, 7) is 6.52. The smallest absolute Gasteiger partial charge is 0.326 e. The lowest BCUT2D eigenvalue weighted by Gasteiger charge is -2.30. The molecular weight excluding hydrogens is 644 g/mol. The Kier molecular flexibility index (Phi) is 18.0. The topological polar surface area (TPSA) is 328 Å². The number of hydrogen-bond donors (Lipinski definition) is 10. The summed E-state index contributed by atoms with van der Waals surface area (Å²) in [6, 6.07) is -7.64. The number of carbonyl (C=O) groups excluding carboxylic acids is 6. The summed E-state index contributed by atoms with van der Waals surface area (Å²) in [5.74, 6) is -6.89. The van der Waals surface area contributed by atoms with Gasteiger partial charge in [-0.3, -0.25) is 33.8 Å². The fourth-order valence-corrected chi connectivity index (χ4v) is 5.24. The molecule has 1 heterocycles. The number of aliphatic carboxylic acids is 1. The van der Waals surface area contributed by atoms with Crippen LogP contribution in [0.25, 0.3) is 0 Å². The number of aliphatic hydroxyl groups excluding tert-OH is 1. The third-order valence-electron chi connectivity index (χ3n) is 8.09. The van der Waals surface area contributed by atoms with Crippen LogP contribution in [0.5, 0.6) is 0 Å². The van der Waals surface area contributed by atoms with Crippen molar-refractivity contribution in [2.45, 2.75) is 109 Å². The molecule has 6 amide bonds. The van der Waals surface area contributed by atoms with Gasteiger partial charge in [0.15, 0.2) is 5.96 Å². The highest BCUT2D eigenvalue weighted by molar-refractivity contribution is 5.98. The number of carboxylic acids is 1. The van der Waals surface area contributed by atoms with Crippen molar-refractivity contribution >= 4 is 47.4 Å². The largest absolute Gasteiger partial charge is 0.480 e. The zero-order valence-corrected chi connectivity index (χ0v) is 28.6. The van der Waals surface area contributed by atoms with Gasteiger partial charge < -0.3 is 59.3 Å². The summed E-state index contributed by atoms with van der Waals surface area (Å²) in [5, 5.41) is 29.3. The highest BCUT2D eigenvalue weighted by atomic mass is 16.4. The highest BCUT2D eigenvalue weighted by Crippen LogP contribution is 2.19. The number of nitrogens with one attached hydrogen (secondary N) is 4. The Morgan fingerprint density at radius 3 is 2.00 bits per heavy atom. The van der Waals surface area contributed by atoms with E-state index in [0.29, 0.717) is 19.3 Å². The van der Waals surface area contributed by atoms with Crippen LogP contribution in [0.15, 0.2) is 4.99 Å². The Balaban J connectivity index is 3.20. The van der Waals surface area contributed by atoms with Crippen molar-refractivity contribution in [2.24, 2.45) is 39.8 Å². The van der Waals surface area contributed by atoms with Gasteiger partial charge in [0.25, 0.3) is 0 Å². The molecule has 7 atom stereocenters. The zero-order chi connectivity index (χ0) is 37.4. The van der Waals surface area contributed by atoms with Crippen LogP contribution in [-0.2, 0) is 33.6 Å². The monoisotopic (exact) mass is 698 g/mol. The van der Waals surface area contributed by atoms with Crippen LogP contribution in [0.4, 0.5) is 0 Å². The predicted molar refractivity (Wildman–Crippen MR) is 178 cm³/mol. The minimum atomic E-state index is -1.58. The number of nitrogens with two attached hydrogens (primary N) is 4. The van der Waals surface area contributed by atoms with Crippen molar-refractivity contribution in [3.05, 3.63) is 0 Å². The maximum atomic E-state index is 13.5. The molecule has 1 rings (SSSR count). The molecule has 1 saturated heterocycles. The maximum Gasteiger partial charge on any atom is 0.326 e. The standard InChI is InChI=1S/C30H54N10O9/c1-5-16(4)23(27(46)38-20(14-41)28(47)40-11-7-9-21(40)29(48)49)39-26(45)19(13-22(32)42)37-25(44)18(8-6-10-35-30(33)34)36-24(43)17(31)12-15(2)3/h15-21,23,41H,5-14,31H2,1-4H3,(H2,32,42)(H,36,43)(H,37,44)(H,38,46)(H,39,45)(H,48,49)(H4,33,34,35)/t16-,17-,18-,19-,20-,21-,23-/m0/s1. The minimum Gasteiger partial charge on any atom is -0.480 e. The molecule has 49 heavy (non-hydrogen) atoms. The summed E-state index contributed by atoms with van der Waals surface area (Å²) in [4.78, 5) is 94.7. The van der Waals surface area contributed by atoms with Crippen molar-refractivity contribution in [3.63, 3.8) is 0 Å². The molecule has 1 aliphatic rings. The molecule has 0 spiro atoms. The lowest BCUT2D eigenvalue weighted by Crippen LogP contribution is -2.61. The van der Waals surface area contributed by atoms with E-state index in [1.807, 2.05) is 13.8 Å². The minimum absolute atomic E-state index is 0.0297. The molecule has 1 fully saturated rings. The van der Waals surface area contributed by atoms with Crippen molar-refractivity contribution in [1.29, 1.82) is 0 Å². The summed E-state index contributed by atoms with van der Waals surface area (Å²) >= 11 is 0. The van der Waals surface area contributed by atoms with E-state index in [9.17, 15) is 43.8 Å². The van der Waals surface area contributed by atoms with Gasteiger partial charge in [0.2, 0.25) is 35.4 Å².